The topological polar surface area (TPSA) is 41.1 Å². The lowest BCUT2D eigenvalue weighted by Crippen LogP contribution is -2.19. The average Bonchev–Trinajstić information content (AvgIpc) is 2.46. The molecule has 1 amide bonds. The van der Waals surface area contributed by atoms with Crippen LogP contribution in [0, 0.1) is 0 Å². The van der Waals surface area contributed by atoms with Crippen molar-refractivity contribution in [1.82, 2.24) is 5.32 Å². The Morgan fingerprint density at radius 2 is 1.81 bits per heavy atom. The zero-order valence-corrected chi connectivity index (χ0v) is 13.8. The van der Waals surface area contributed by atoms with E-state index in [4.69, 9.17) is 0 Å². The number of benzene rings is 2. The summed E-state index contributed by atoms with van der Waals surface area (Å²) in [4.78, 5) is 11.2. The smallest absolute Gasteiger partial charge is 0.221 e. The van der Waals surface area contributed by atoms with Crippen LogP contribution in [0.4, 0.5) is 5.69 Å². The van der Waals surface area contributed by atoms with E-state index in [1.807, 2.05) is 36.4 Å². The third kappa shape index (κ3) is 4.69. The minimum Gasteiger partial charge on any atom is -0.326 e. The van der Waals surface area contributed by atoms with Gasteiger partial charge in [0.15, 0.2) is 0 Å². The van der Waals surface area contributed by atoms with E-state index in [0.717, 1.165) is 15.7 Å². The van der Waals surface area contributed by atoms with Crippen molar-refractivity contribution in [3.63, 3.8) is 0 Å². The number of rotatable bonds is 5. The molecule has 0 aliphatic rings. The number of amides is 1. The average molecular weight is 347 g/mol. The molecule has 0 saturated heterocycles. The molecule has 0 aromatic heterocycles. The van der Waals surface area contributed by atoms with E-state index in [9.17, 15) is 4.79 Å². The summed E-state index contributed by atoms with van der Waals surface area (Å²) in [5, 5.41) is 6.34. The van der Waals surface area contributed by atoms with Crippen LogP contribution < -0.4 is 10.6 Å². The van der Waals surface area contributed by atoms with Crippen molar-refractivity contribution in [2.75, 3.05) is 5.32 Å². The van der Waals surface area contributed by atoms with Crippen LogP contribution >= 0.6 is 15.9 Å². The van der Waals surface area contributed by atoms with E-state index >= 15 is 0 Å². The Morgan fingerprint density at radius 3 is 2.48 bits per heavy atom. The molecule has 0 fully saturated rings. The number of hydrogen-bond donors (Lipinski definition) is 2. The third-order valence-electron chi connectivity index (χ3n) is 3.30. The Hall–Kier alpha value is -1.65. The Bertz CT molecular complexity index is 610. The molecule has 3 nitrogen and oxygen atoms in total. The van der Waals surface area contributed by atoms with Gasteiger partial charge in [0.2, 0.25) is 5.91 Å². The van der Waals surface area contributed by atoms with Crippen molar-refractivity contribution in [2.24, 2.45) is 0 Å². The van der Waals surface area contributed by atoms with E-state index in [1.165, 1.54) is 12.5 Å². The van der Waals surface area contributed by atoms with Gasteiger partial charge < -0.3 is 10.6 Å². The first-order chi connectivity index (χ1) is 10.1. The first kappa shape index (κ1) is 15.7. The largest absolute Gasteiger partial charge is 0.326 e. The second-order valence-corrected chi connectivity index (χ2v) is 5.91. The van der Waals surface area contributed by atoms with Crippen molar-refractivity contribution in [3.05, 3.63) is 64.1 Å². The number of hydrogen-bond acceptors (Lipinski definition) is 2. The molecule has 2 aromatic rings. The number of carbonyl (C=O) groups excluding carboxylic acids is 1. The number of halogens is 1. The normalized spacial score (nSPS) is 12.0. The van der Waals surface area contributed by atoms with Crippen molar-refractivity contribution in [3.8, 4) is 0 Å². The predicted octanol–water partition coefficient (Wildman–Crippen LogP) is 4.26. The molecule has 110 valence electrons. The SMILES string of the molecule is CC(=O)Nc1ccccc1CN[C@H](C)c1ccc(Br)cc1. The maximum Gasteiger partial charge on any atom is 0.221 e. The monoisotopic (exact) mass is 346 g/mol. The summed E-state index contributed by atoms with van der Waals surface area (Å²) in [6, 6.07) is 16.4. The Morgan fingerprint density at radius 1 is 1.14 bits per heavy atom. The van der Waals surface area contributed by atoms with Gasteiger partial charge in [-0.2, -0.15) is 0 Å². The molecule has 2 rings (SSSR count). The van der Waals surface area contributed by atoms with Gasteiger partial charge in [-0.1, -0.05) is 46.3 Å². The quantitative estimate of drug-likeness (QED) is 0.849. The van der Waals surface area contributed by atoms with Gasteiger partial charge in [-0.25, -0.2) is 0 Å². The molecule has 2 N–H and O–H groups in total. The van der Waals surface area contributed by atoms with Gasteiger partial charge >= 0.3 is 0 Å². The maximum absolute atomic E-state index is 11.2. The van der Waals surface area contributed by atoms with Gasteiger partial charge in [-0.15, -0.1) is 0 Å². The predicted molar refractivity (Wildman–Crippen MR) is 90.1 cm³/mol. The summed E-state index contributed by atoms with van der Waals surface area (Å²) in [6.07, 6.45) is 0. The van der Waals surface area contributed by atoms with Crippen LogP contribution in [0.3, 0.4) is 0 Å². The number of para-hydroxylation sites is 1. The van der Waals surface area contributed by atoms with Crippen molar-refractivity contribution < 1.29 is 4.79 Å². The summed E-state index contributed by atoms with van der Waals surface area (Å²) in [7, 11) is 0. The van der Waals surface area contributed by atoms with Crippen LogP contribution in [0.15, 0.2) is 53.0 Å². The zero-order valence-electron chi connectivity index (χ0n) is 12.2. The lowest BCUT2D eigenvalue weighted by atomic mass is 10.1. The lowest BCUT2D eigenvalue weighted by Gasteiger charge is -2.16. The first-order valence-electron chi connectivity index (χ1n) is 6.90. The van der Waals surface area contributed by atoms with E-state index in [0.29, 0.717) is 6.54 Å². The molecule has 0 radical (unpaired) electrons. The van der Waals surface area contributed by atoms with E-state index < -0.39 is 0 Å². The molecule has 0 aliphatic heterocycles. The molecule has 0 unspecified atom stereocenters. The summed E-state index contributed by atoms with van der Waals surface area (Å²) in [6.45, 7) is 4.35. The molecule has 0 aliphatic carbocycles. The highest BCUT2D eigenvalue weighted by Gasteiger charge is 2.07. The second-order valence-electron chi connectivity index (χ2n) is 4.99. The highest BCUT2D eigenvalue weighted by molar-refractivity contribution is 9.10. The fourth-order valence-corrected chi connectivity index (χ4v) is 2.38. The highest BCUT2D eigenvalue weighted by atomic mass is 79.9. The van der Waals surface area contributed by atoms with Crippen LogP contribution in [0.25, 0.3) is 0 Å². The van der Waals surface area contributed by atoms with Crippen molar-refractivity contribution in [2.45, 2.75) is 26.4 Å². The van der Waals surface area contributed by atoms with Crippen molar-refractivity contribution in [1.29, 1.82) is 0 Å². The lowest BCUT2D eigenvalue weighted by molar-refractivity contribution is -0.114. The Labute approximate surface area is 133 Å². The molecular formula is C17H19BrN2O. The summed E-state index contributed by atoms with van der Waals surface area (Å²) in [5.41, 5.74) is 3.17. The number of nitrogens with one attached hydrogen (secondary N) is 2. The number of anilines is 1. The van der Waals surface area contributed by atoms with E-state index in [1.54, 1.807) is 0 Å². The second kappa shape index (κ2) is 7.38. The van der Waals surface area contributed by atoms with Crippen LogP contribution in [-0.4, -0.2) is 5.91 Å². The van der Waals surface area contributed by atoms with Gasteiger partial charge in [0, 0.05) is 29.7 Å². The third-order valence-corrected chi connectivity index (χ3v) is 3.83. The molecule has 0 bridgehead atoms. The van der Waals surface area contributed by atoms with Gasteiger partial charge in [0.25, 0.3) is 0 Å². The maximum atomic E-state index is 11.2. The minimum atomic E-state index is -0.0524. The van der Waals surface area contributed by atoms with E-state index in [-0.39, 0.29) is 11.9 Å². The fraction of sp³-hybridized carbons (Fsp3) is 0.235. The van der Waals surface area contributed by atoms with Gasteiger partial charge in [-0.05, 0) is 36.2 Å². The molecule has 0 heterocycles. The van der Waals surface area contributed by atoms with Crippen LogP contribution in [0.1, 0.15) is 31.0 Å². The van der Waals surface area contributed by atoms with Crippen LogP contribution in [0.2, 0.25) is 0 Å². The van der Waals surface area contributed by atoms with E-state index in [2.05, 4.69) is 45.6 Å². The molecule has 0 saturated carbocycles. The Kier molecular flexibility index (Phi) is 5.53. The minimum absolute atomic E-state index is 0.0524. The summed E-state index contributed by atoms with van der Waals surface area (Å²) >= 11 is 3.44. The van der Waals surface area contributed by atoms with Crippen molar-refractivity contribution >= 4 is 27.5 Å². The molecule has 4 heteroatoms. The summed E-state index contributed by atoms with van der Waals surface area (Å²) in [5.74, 6) is -0.0524. The molecular weight excluding hydrogens is 328 g/mol. The van der Waals surface area contributed by atoms with Crippen LogP contribution in [-0.2, 0) is 11.3 Å². The zero-order chi connectivity index (χ0) is 15.2. The van der Waals surface area contributed by atoms with Gasteiger partial charge in [-0.3, -0.25) is 4.79 Å². The van der Waals surface area contributed by atoms with Crippen LogP contribution in [0.5, 0.6) is 0 Å². The molecule has 1 atom stereocenters. The molecule has 21 heavy (non-hydrogen) atoms. The fourth-order valence-electron chi connectivity index (χ4n) is 2.12. The highest BCUT2D eigenvalue weighted by Crippen LogP contribution is 2.19. The standard InChI is InChI=1S/C17H19BrN2O/c1-12(14-7-9-16(18)10-8-14)19-11-15-5-3-4-6-17(15)20-13(2)21/h3-10,12,19H,11H2,1-2H3,(H,20,21)/t12-/m1/s1. The first-order valence-corrected chi connectivity index (χ1v) is 7.70. The summed E-state index contributed by atoms with van der Waals surface area (Å²) < 4.78 is 1.08. The molecule has 2 aromatic carbocycles. The Balaban J connectivity index is 2.02. The van der Waals surface area contributed by atoms with Gasteiger partial charge in [0.1, 0.15) is 0 Å². The number of carbonyl (C=O) groups is 1. The molecule has 0 spiro atoms. The van der Waals surface area contributed by atoms with Gasteiger partial charge in [0.05, 0.1) is 0 Å².